The number of likely N-dealkylation sites (tertiary alicyclic amines) is 1. The summed E-state index contributed by atoms with van der Waals surface area (Å²) in [6.07, 6.45) is 2.59. The molecule has 24 heavy (non-hydrogen) atoms. The van der Waals surface area contributed by atoms with Gasteiger partial charge in [0.25, 0.3) is 5.91 Å². The van der Waals surface area contributed by atoms with Gasteiger partial charge < -0.3 is 15.0 Å². The molecule has 1 aromatic carbocycles. The van der Waals surface area contributed by atoms with Crippen molar-refractivity contribution in [2.24, 2.45) is 5.92 Å². The minimum Gasteiger partial charge on any atom is -0.450 e. The topological polar surface area (TPSA) is 58.6 Å². The van der Waals surface area contributed by atoms with E-state index in [1.807, 2.05) is 56.0 Å². The molecule has 0 spiro atoms. The third-order valence-electron chi connectivity index (χ3n) is 3.98. The van der Waals surface area contributed by atoms with Crippen molar-refractivity contribution in [3.63, 3.8) is 0 Å². The number of rotatable bonds is 6. The second kappa shape index (κ2) is 8.18. The van der Waals surface area contributed by atoms with E-state index in [1.165, 1.54) is 0 Å². The van der Waals surface area contributed by atoms with Crippen LogP contribution in [0, 0.1) is 5.92 Å². The molecule has 0 aliphatic carbocycles. The van der Waals surface area contributed by atoms with Crippen LogP contribution in [0.2, 0.25) is 0 Å². The van der Waals surface area contributed by atoms with E-state index in [0.717, 1.165) is 37.9 Å². The van der Waals surface area contributed by atoms with Gasteiger partial charge >= 0.3 is 6.09 Å². The molecular weight excluding hydrogens is 304 g/mol. The highest BCUT2D eigenvalue weighted by Gasteiger charge is 2.30. The summed E-state index contributed by atoms with van der Waals surface area (Å²) in [5.74, 6) is 0.690. The van der Waals surface area contributed by atoms with Crippen molar-refractivity contribution in [2.75, 3.05) is 19.7 Å². The fraction of sp³-hybridized carbons (Fsp3) is 0.579. The van der Waals surface area contributed by atoms with Crippen molar-refractivity contribution < 1.29 is 14.3 Å². The Bertz CT molecular complexity index is 545. The minimum absolute atomic E-state index is 0.119. The van der Waals surface area contributed by atoms with E-state index < -0.39 is 0 Å². The lowest BCUT2D eigenvalue weighted by Crippen LogP contribution is -2.49. The monoisotopic (exact) mass is 332 g/mol. The van der Waals surface area contributed by atoms with Gasteiger partial charge in [-0.1, -0.05) is 18.2 Å². The number of hydrogen-bond acceptors (Lipinski definition) is 3. The van der Waals surface area contributed by atoms with Crippen LogP contribution in [-0.2, 0) is 4.74 Å². The Kier molecular flexibility index (Phi) is 6.23. The number of benzene rings is 1. The van der Waals surface area contributed by atoms with Crippen molar-refractivity contribution in [1.82, 2.24) is 10.2 Å². The van der Waals surface area contributed by atoms with E-state index in [1.54, 1.807) is 0 Å². The maximum Gasteiger partial charge on any atom is 0.407 e. The molecule has 0 bridgehead atoms. The summed E-state index contributed by atoms with van der Waals surface area (Å²) in [4.78, 5) is 25.6. The molecule has 5 nitrogen and oxygen atoms in total. The highest BCUT2D eigenvalue weighted by atomic mass is 16.5. The van der Waals surface area contributed by atoms with Crippen LogP contribution in [0.4, 0.5) is 4.79 Å². The first-order valence-corrected chi connectivity index (χ1v) is 8.64. The van der Waals surface area contributed by atoms with Crippen molar-refractivity contribution in [3.8, 4) is 0 Å². The van der Waals surface area contributed by atoms with Crippen molar-refractivity contribution in [2.45, 2.75) is 45.6 Å². The largest absolute Gasteiger partial charge is 0.450 e. The van der Waals surface area contributed by atoms with Gasteiger partial charge in [0, 0.05) is 24.2 Å². The Labute approximate surface area is 144 Å². The number of nitrogens with one attached hydrogen (secondary N) is 1. The van der Waals surface area contributed by atoms with Gasteiger partial charge in [0.2, 0.25) is 0 Å². The lowest BCUT2D eigenvalue weighted by atomic mass is 9.93. The lowest BCUT2D eigenvalue weighted by Gasteiger charge is -2.39. The van der Waals surface area contributed by atoms with E-state index >= 15 is 0 Å². The molecule has 1 heterocycles. The fourth-order valence-corrected chi connectivity index (χ4v) is 2.72. The van der Waals surface area contributed by atoms with Gasteiger partial charge in [-0.2, -0.15) is 0 Å². The maximum atomic E-state index is 12.2. The van der Waals surface area contributed by atoms with Crippen molar-refractivity contribution >= 4 is 12.0 Å². The molecule has 1 N–H and O–H groups in total. The minimum atomic E-state index is -0.356. The first kappa shape index (κ1) is 18.3. The van der Waals surface area contributed by atoms with Crippen LogP contribution in [-0.4, -0.2) is 42.1 Å². The summed E-state index contributed by atoms with van der Waals surface area (Å²) in [5, 5.41) is 2.77. The number of alkyl carbamates (subject to hydrolysis) is 1. The molecule has 0 atom stereocenters. The molecule has 0 unspecified atom stereocenters. The molecule has 1 aromatic rings. The number of carbonyl (C=O) groups is 2. The molecule has 0 aromatic heterocycles. The molecule has 1 aliphatic heterocycles. The van der Waals surface area contributed by atoms with Crippen LogP contribution in [0.15, 0.2) is 30.3 Å². The SMILES string of the molecule is CC(C)(C)NC(=O)OCCCCC1CN(C(=O)c2ccccc2)C1. The van der Waals surface area contributed by atoms with Gasteiger partial charge in [0.15, 0.2) is 0 Å². The molecule has 5 heteroatoms. The Balaban J connectivity index is 1.54. The third-order valence-corrected chi connectivity index (χ3v) is 3.98. The van der Waals surface area contributed by atoms with Crippen molar-refractivity contribution in [1.29, 1.82) is 0 Å². The van der Waals surface area contributed by atoms with Gasteiger partial charge in [0.1, 0.15) is 0 Å². The Morgan fingerprint density at radius 1 is 1.17 bits per heavy atom. The lowest BCUT2D eigenvalue weighted by molar-refractivity contribution is 0.0476. The second-order valence-electron chi connectivity index (χ2n) is 7.45. The number of unbranched alkanes of at least 4 members (excludes halogenated alkanes) is 1. The van der Waals surface area contributed by atoms with Crippen LogP contribution in [0.25, 0.3) is 0 Å². The standard InChI is InChI=1S/C19H28N2O3/c1-19(2,3)20-18(23)24-12-8-7-9-15-13-21(14-15)17(22)16-10-5-4-6-11-16/h4-6,10-11,15H,7-9,12-14H2,1-3H3,(H,20,23). The smallest absolute Gasteiger partial charge is 0.407 e. The number of carbonyl (C=O) groups excluding carboxylic acids is 2. The van der Waals surface area contributed by atoms with Crippen LogP contribution < -0.4 is 5.32 Å². The van der Waals surface area contributed by atoms with E-state index in [9.17, 15) is 9.59 Å². The molecule has 0 radical (unpaired) electrons. The Hall–Kier alpha value is -2.04. The Morgan fingerprint density at radius 2 is 1.83 bits per heavy atom. The average Bonchev–Trinajstić information content (AvgIpc) is 2.47. The molecule has 0 saturated carbocycles. The molecule has 132 valence electrons. The summed E-state index contributed by atoms with van der Waals surface area (Å²) >= 11 is 0. The zero-order valence-electron chi connectivity index (χ0n) is 14.9. The van der Waals surface area contributed by atoms with Gasteiger partial charge in [-0.25, -0.2) is 4.79 Å². The van der Waals surface area contributed by atoms with E-state index in [4.69, 9.17) is 4.74 Å². The normalized spacial score (nSPS) is 14.9. The molecule has 1 saturated heterocycles. The van der Waals surface area contributed by atoms with Gasteiger partial charge in [-0.15, -0.1) is 0 Å². The summed E-state index contributed by atoms with van der Waals surface area (Å²) in [5.41, 5.74) is 0.492. The van der Waals surface area contributed by atoms with Crippen LogP contribution in [0.1, 0.15) is 50.4 Å². The van der Waals surface area contributed by atoms with Gasteiger partial charge in [0.05, 0.1) is 6.61 Å². The molecule has 2 rings (SSSR count). The van der Waals surface area contributed by atoms with Crippen LogP contribution in [0.5, 0.6) is 0 Å². The summed E-state index contributed by atoms with van der Waals surface area (Å²) in [6, 6.07) is 9.41. The summed E-state index contributed by atoms with van der Waals surface area (Å²) in [6.45, 7) is 7.88. The number of hydrogen-bond donors (Lipinski definition) is 1. The van der Waals surface area contributed by atoms with Gasteiger partial charge in [-0.05, 0) is 58.1 Å². The zero-order valence-corrected chi connectivity index (χ0v) is 14.9. The first-order valence-electron chi connectivity index (χ1n) is 8.64. The third kappa shape index (κ3) is 5.87. The quantitative estimate of drug-likeness (QED) is 0.812. The van der Waals surface area contributed by atoms with E-state index in [2.05, 4.69) is 5.32 Å². The molecule has 1 aliphatic rings. The predicted molar refractivity (Wildman–Crippen MR) is 93.9 cm³/mol. The highest BCUT2D eigenvalue weighted by Crippen LogP contribution is 2.23. The highest BCUT2D eigenvalue weighted by molar-refractivity contribution is 5.94. The fourth-order valence-electron chi connectivity index (χ4n) is 2.72. The van der Waals surface area contributed by atoms with E-state index in [0.29, 0.717) is 12.5 Å². The molecule has 1 fully saturated rings. The van der Waals surface area contributed by atoms with Crippen LogP contribution >= 0.6 is 0 Å². The van der Waals surface area contributed by atoms with Gasteiger partial charge in [-0.3, -0.25) is 4.79 Å². The summed E-state index contributed by atoms with van der Waals surface area (Å²) < 4.78 is 5.15. The van der Waals surface area contributed by atoms with Crippen LogP contribution in [0.3, 0.4) is 0 Å². The summed E-state index contributed by atoms with van der Waals surface area (Å²) in [7, 11) is 0. The number of nitrogens with zero attached hydrogens (tertiary/aromatic N) is 1. The average molecular weight is 332 g/mol. The number of amides is 2. The first-order chi connectivity index (χ1) is 11.3. The number of ether oxygens (including phenoxy) is 1. The molecular formula is C19H28N2O3. The maximum absolute atomic E-state index is 12.2. The van der Waals surface area contributed by atoms with E-state index in [-0.39, 0.29) is 17.5 Å². The molecule has 2 amide bonds. The van der Waals surface area contributed by atoms with Crippen molar-refractivity contribution in [3.05, 3.63) is 35.9 Å². The Morgan fingerprint density at radius 3 is 2.46 bits per heavy atom. The predicted octanol–water partition coefficient (Wildman–Crippen LogP) is 3.45. The second-order valence-corrected chi connectivity index (χ2v) is 7.45. The zero-order chi connectivity index (χ0) is 17.6.